The first-order chi connectivity index (χ1) is 15.2. The van der Waals surface area contributed by atoms with Gasteiger partial charge in [0, 0.05) is 19.3 Å². The maximum absolute atomic E-state index is 11.8. The van der Waals surface area contributed by atoms with Crippen LogP contribution in [-0.2, 0) is 4.79 Å². The van der Waals surface area contributed by atoms with Gasteiger partial charge in [-0.25, -0.2) is 4.98 Å². The van der Waals surface area contributed by atoms with Crippen LogP contribution in [0.3, 0.4) is 0 Å². The highest BCUT2D eigenvalue weighted by Gasteiger charge is 2.32. The molecule has 1 aliphatic heterocycles. The van der Waals surface area contributed by atoms with Crippen LogP contribution in [0, 0.1) is 0 Å². The van der Waals surface area contributed by atoms with Crippen LogP contribution >= 0.6 is 0 Å². The van der Waals surface area contributed by atoms with Crippen molar-refractivity contribution in [2.45, 2.75) is 6.04 Å². The Bertz CT molecular complexity index is 1230. The fourth-order valence-electron chi connectivity index (χ4n) is 3.60. The average Bonchev–Trinajstić information content (AvgIpc) is 3.19. The molecule has 0 aliphatic carbocycles. The Morgan fingerprint density at radius 2 is 1.61 bits per heavy atom. The molecule has 3 heterocycles. The van der Waals surface area contributed by atoms with Crippen LogP contribution in [0.4, 0.5) is 0 Å². The Balaban J connectivity index is 1.35. The Labute approximate surface area is 179 Å². The Morgan fingerprint density at radius 1 is 0.935 bits per heavy atom. The van der Waals surface area contributed by atoms with E-state index in [0.717, 1.165) is 22.5 Å². The molecule has 0 atom stereocenters. The quantitative estimate of drug-likeness (QED) is 0.434. The van der Waals surface area contributed by atoms with Crippen LogP contribution in [0.15, 0.2) is 85.8 Å². The summed E-state index contributed by atoms with van der Waals surface area (Å²) in [7, 11) is 0. The summed E-state index contributed by atoms with van der Waals surface area (Å²) in [5.74, 6) is 2.55. The molecule has 0 N–H and O–H groups in total. The molecule has 2 aromatic carbocycles. The van der Waals surface area contributed by atoms with Crippen molar-refractivity contribution in [2.75, 3.05) is 13.1 Å². The molecule has 0 spiro atoms. The fourth-order valence-corrected chi connectivity index (χ4v) is 3.60. The number of hydrogen-bond acceptors (Lipinski definition) is 5. The van der Waals surface area contributed by atoms with E-state index in [9.17, 15) is 4.79 Å². The molecule has 0 radical (unpaired) electrons. The van der Waals surface area contributed by atoms with E-state index >= 15 is 0 Å². The number of nitrogens with zero attached hydrogens (tertiary/aromatic N) is 4. The van der Waals surface area contributed by atoms with Crippen LogP contribution in [0.5, 0.6) is 23.1 Å². The van der Waals surface area contributed by atoms with E-state index < -0.39 is 0 Å². The topological polar surface area (TPSA) is 69.5 Å². The first-order valence-electron chi connectivity index (χ1n) is 9.95. The molecule has 1 fully saturated rings. The van der Waals surface area contributed by atoms with Crippen molar-refractivity contribution in [2.24, 2.45) is 0 Å². The second-order valence-corrected chi connectivity index (χ2v) is 7.23. The Morgan fingerprint density at radius 3 is 2.32 bits per heavy atom. The first-order valence-corrected chi connectivity index (χ1v) is 9.95. The zero-order valence-corrected chi connectivity index (χ0v) is 16.7. The van der Waals surface area contributed by atoms with E-state index in [1.54, 1.807) is 4.90 Å². The van der Waals surface area contributed by atoms with Crippen molar-refractivity contribution in [1.29, 1.82) is 0 Å². The Hall–Kier alpha value is -4.13. The largest absolute Gasteiger partial charge is 0.457 e. The van der Waals surface area contributed by atoms with E-state index in [1.807, 2.05) is 66.9 Å². The van der Waals surface area contributed by atoms with Gasteiger partial charge in [-0.3, -0.25) is 4.79 Å². The second-order valence-electron chi connectivity index (χ2n) is 7.23. The number of para-hydroxylation sites is 1. The number of carbonyl (C=O) groups excluding carboxylic acids is 1. The van der Waals surface area contributed by atoms with Gasteiger partial charge in [0.2, 0.25) is 11.8 Å². The normalized spacial score (nSPS) is 13.6. The molecule has 1 amide bonds. The van der Waals surface area contributed by atoms with E-state index in [4.69, 9.17) is 9.47 Å². The lowest BCUT2D eigenvalue weighted by molar-refractivity contribution is -0.131. The molecular weight excluding hydrogens is 392 g/mol. The number of aromatic nitrogens is 3. The molecular formula is C24H20N4O3. The minimum Gasteiger partial charge on any atom is -0.457 e. The van der Waals surface area contributed by atoms with Gasteiger partial charge in [0.05, 0.1) is 11.6 Å². The minimum atomic E-state index is -0.0572. The molecule has 7 nitrogen and oxygen atoms in total. The average molecular weight is 412 g/mol. The molecule has 4 aromatic rings. The number of fused-ring (bicyclic) bond motifs is 1. The van der Waals surface area contributed by atoms with E-state index in [0.29, 0.717) is 24.7 Å². The third-order valence-corrected chi connectivity index (χ3v) is 5.23. The molecule has 1 aliphatic rings. The van der Waals surface area contributed by atoms with Crippen molar-refractivity contribution in [3.63, 3.8) is 0 Å². The van der Waals surface area contributed by atoms with Crippen molar-refractivity contribution in [3.05, 3.63) is 85.8 Å². The van der Waals surface area contributed by atoms with Crippen molar-refractivity contribution in [1.82, 2.24) is 19.4 Å². The minimum absolute atomic E-state index is 0.0572. The van der Waals surface area contributed by atoms with Crippen LogP contribution in [-0.4, -0.2) is 38.4 Å². The van der Waals surface area contributed by atoms with Gasteiger partial charge in [-0.05, 0) is 48.5 Å². The summed E-state index contributed by atoms with van der Waals surface area (Å²) in [4.78, 5) is 22.2. The number of carbonyl (C=O) groups is 1. The van der Waals surface area contributed by atoms with Gasteiger partial charge >= 0.3 is 0 Å². The van der Waals surface area contributed by atoms with Gasteiger partial charge in [0.1, 0.15) is 29.1 Å². The van der Waals surface area contributed by atoms with Gasteiger partial charge in [0.15, 0.2) is 0 Å². The number of rotatable bonds is 6. The number of likely N-dealkylation sites (tertiary alicyclic amines) is 1. The summed E-state index contributed by atoms with van der Waals surface area (Å²) in [6.45, 7) is 4.78. The molecule has 0 saturated carbocycles. The van der Waals surface area contributed by atoms with Crippen molar-refractivity contribution in [3.8, 4) is 23.1 Å². The van der Waals surface area contributed by atoms with Crippen LogP contribution in [0.2, 0.25) is 0 Å². The number of benzene rings is 2. The van der Waals surface area contributed by atoms with Crippen LogP contribution in [0.25, 0.3) is 11.0 Å². The van der Waals surface area contributed by atoms with Crippen molar-refractivity contribution >= 4 is 16.9 Å². The summed E-state index contributed by atoms with van der Waals surface area (Å²) < 4.78 is 14.0. The molecule has 7 heteroatoms. The summed E-state index contributed by atoms with van der Waals surface area (Å²) in [6.07, 6.45) is 4.79. The lowest BCUT2D eigenvalue weighted by atomic mass is 10.1. The molecule has 154 valence electrons. The summed E-state index contributed by atoms with van der Waals surface area (Å²) in [6, 6.07) is 19.1. The zero-order valence-electron chi connectivity index (χ0n) is 16.7. The molecule has 31 heavy (non-hydrogen) atoms. The zero-order chi connectivity index (χ0) is 21.2. The second kappa shape index (κ2) is 7.95. The lowest BCUT2D eigenvalue weighted by Crippen LogP contribution is -2.49. The number of ether oxygens (including phenoxy) is 2. The van der Waals surface area contributed by atoms with Crippen LogP contribution in [0.1, 0.15) is 6.04 Å². The standard InChI is InChI=1S/C24H20N4O3/c1-2-22(29)27-14-17(15-27)28-13-12-21-23(28)24(26-16-25-21)31-20-10-8-19(9-11-20)30-18-6-4-3-5-7-18/h2-13,16-17H,1,14-15H2. The summed E-state index contributed by atoms with van der Waals surface area (Å²) >= 11 is 0. The van der Waals surface area contributed by atoms with Crippen LogP contribution < -0.4 is 9.47 Å². The van der Waals surface area contributed by atoms with Gasteiger partial charge in [0.25, 0.3) is 0 Å². The van der Waals surface area contributed by atoms with Gasteiger partial charge in [-0.2, -0.15) is 4.98 Å². The smallest absolute Gasteiger partial charge is 0.247 e. The highest BCUT2D eigenvalue weighted by atomic mass is 16.5. The summed E-state index contributed by atoms with van der Waals surface area (Å²) in [5.41, 5.74) is 1.60. The van der Waals surface area contributed by atoms with Gasteiger partial charge in [-0.1, -0.05) is 24.8 Å². The van der Waals surface area contributed by atoms with Crippen molar-refractivity contribution < 1.29 is 14.3 Å². The molecule has 0 bridgehead atoms. The molecule has 5 rings (SSSR count). The van der Waals surface area contributed by atoms with E-state index in [1.165, 1.54) is 12.4 Å². The van der Waals surface area contributed by atoms with Gasteiger partial charge in [-0.15, -0.1) is 0 Å². The maximum Gasteiger partial charge on any atom is 0.247 e. The first kappa shape index (κ1) is 18.9. The summed E-state index contributed by atoms with van der Waals surface area (Å²) in [5, 5.41) is 0. The molecule has 2 aromatic heterocycles. The predicted octanol–water partition coefficient (Wildman–Crippen LogP) is 4.59. The van der Waals surface area contributed by atoms with E-state index in [2.05, 4.69) is 21.1 Å². The maximum atomic E-state index is 11.8. The molecule has 1 saturated heterocycles. The van der Waals surface area contributed by atoms with Gasteiger partial charge < -0.3 is 18.9 Å². The number of amides is 1. The predicted molar refractivity (Wildman–Crippen MR) is 116 cm³/mol. The van der Waals surface area contributed by atoms with E-state index in [-0.39, 0.29) is 11.9 Å². The highest BCUT2D eigenvalue weighted by molar-refractivity contribution is 5.88. The third-order valence-electron chi connectivity index (χ3n) is 5.23. The SMILES string of the molecule is C=CC(=O)N1CC(n2ccc3ncnc(Oc4ccc(Oc5ccccc5)cc4)c32)C1. The lowest BCUT2D eigenvalue weighted by Gasteiger charge is -2.39. The third kappa shape index (κ3) is 3.73. The molecule has 0 unspecified atom stereocenters. The highest BCUT2D eigenvalue weighted by Crippen LogP contribution is 2.33. The number of hydrogen-bond donors (Lipinski definition) is 0. The fraction of sp³-hybridized carbons (Fsp3) is 0.125. The monoisotopic (exact) mass is 412 g/mol. The Kier molecular flexibility index (Phi) is 4.84.